The molecule has 1 atom stereocenters. The molecule has 11 heteroatoms. The summed E-state index contributed by atoms with van der Waals surface area (Å²) in [4.78, 5) is 35.7. The summed E-state index contributed by atoms with van der Waals surface area (Å²) in [6, 6.07) is 14.4. The Morgan fingerprint density at radius 1 is 1.10 bits per heavy atom. The van der Waals surface area contributed by atoms with Crippen LogP contribution >= 0.6 is 11.6 Å². The van der Waals surface area contributed by atoms with Crippen molar-refractivity contribution in [2.45, 2.75) is 51.8 Å². The minimum absolute atomic E-state index is 0.0887. The smallest absolute Gasteiger partial charge is 0.410 e. The Hall–Kier alpha value is -4.18. The number of hydrogen-bond acceptors (Lipinski definition) is 7. The molecule has 5 rings (SSSR count). The van der Waals surface area contributed by atoms with Crippen LogP contribution in [-0.4, -0.2) is 55.3 Å². The molecule has 0 unspecified atom stereocenters. The fraction of sp³-hybridized carbons (Fsp3) is 0.345. The Balaban J connectivity index is 1.36. The van der Waals surface area contributed by atoms with Gasteiger partial charge in [-0.05, 0) is 63.4 Å². The van der Waals surface area contributed by atoms with Crippen molar-refractivity contribution in [1.29, 1.82) is 0 Å². The number of aromatic nitrogens is 4. The minimum atomic E-state index is -0.567. The van der Waals surface area contributed by atoms with E-state index in [0.29, 0.717) is 52.8 Å². The third kappa shape index (κ3) is 6.02. The number of likely N-dealkylation sites (tertiary alicyclic amines) is 1. The third-order valence-electron chi connectivity index (χ3n) is 6.70. The third-order valence-corrected chi connectivity index (χ3v) is 6.95. The molecule has 3 heterocycles. The second-order valence-electron chi connectivity index (χ2n) is 10.9. The van der Waals surface area contributed by atoms with Crippen molar-refractivity contribution >= 4 is 40.5 Å². The molecule has 0 radical (unpaired) electrons. The summed E-state index contributed by atoms with van der Waals surface area (Å²) in [7, 11) is 0. The molecule has 1 aliphatic rings. The number of nitrogens with one attached hydrogen (secondary N) is 1. The van der Waals surface area contributed by atoms with E-state index in [1.807, 2.05) is 49.7 Å². The standard InChI is InChI=1S/C29H32ClN7O3/c1-29(2,3)40-28(39)36-14-4-5-22(16-36)37-26-23(25(31)33-17-34-26)24(35-37)19-8-6-18(7-9-19)15-32-27(38)20-10-12-21(30)13-11-20/h6-13,17,22H,4-5,14-16H2,1-3H3,(H,32,38)(H2,31,33,34)/t22-/m1/s1. The molecule has 3 N–H and O–H groups in total. The van der Waals surface area contributed by atoms with Crippen molar-refractivity contribution < 1.29 is 14.3 Å². The highest BCUT2D eigenvalue weighted by Crippen LogP contribution is 2.34. The van der Waals surface area contributed by atoms with E-state index in [9.17, 15) is 9.59 Å². The first-order valence-corrected chi connectivity index (χ1v) is 13.6. The number of amides is 2. The number of ether oxygens (including phenoxy) is 1. The van der Waals surface area contributed by atoms with Crippen molar-refractivity contribution in [3.63, 3.8) is 0 Å². The summed E-state index contributed by atoms with van der Waals surface area (Å²) in [5.41, 5.74) is 9.35. The number of carbonyl (C=O) groups excluding carboxylic acids is 2. The normalized spacial score (nSPS) is 15.7. The van der Waals surface area contributed by atoms with Gasteiger partial charge in [0.2, 0.25) is 0 Å². The van der Waals surface area contributed by atoms with E-state index in [1.54, 1.807) is 29.2 Å². The van der Waals surface area contributed by atoms with E-state index >= 15 is 0 Å². The first-order valence-electron chi connectivity index (χ1n) is 13.2. The van der Waals surface area contributed by atoms with Gasteiger partial charge in [-0.2, -0.15) is 5.10 Å². The average Bonchev–Trinajstić information content (AvgIpc) is 3.33. The van der Waals surface area contributed by atoms with Crippen molar-refractivity contribution in [2.24, 2.45) is 0 Å². The van der Waals surface area contributed by atoms with Gasteiger partial charge in [0, 0.05) is 35.8 Å². The van der Waals surface area contributed by atoms with E-state index in [2.05, 4.69) is 15.3 Å². The lowest BCUT2D eigenvalue weighted by Gasteiger charge is -2.34. The number of halogens is 1. The lowest BCUT2D eigenvalue weighted by molar-refractivity contribution is 0.0169. The summed E-state index contributed by atoms with van der Waals surface area (Å²) in [6.07, 6.45) is 2.76. The highest BCUT2D eigenvalue weighted by Gasteiger charge is 2.31. The number of hydrogen-bond donors (Lipinski definition) is 2. The van der Waals surface area contributed by atoms with Crippen molar-refractivity contribution in [1.82, 2.24) is 30.0 Å². The van der Waals surface area contributed by atoms with Crippen molar-refractivity contribution in [3.05, 3.63) is 71.0 Å². The number of piperidine rings is 1. The molecule has 208 valence electrons. The Morgan fingerprint density at radius 3 is 2.52 bits per heavy atom. The lowest BCUT2D eigenvalue weighted by Crippen LogP contribution is -2.43. The number of carbonyl (C=O) groups is 2. The van der Waals surface area contributed by atoms with E-state index in [-0.39, 0.29) is 18.0 Å². The average molecular weight is 562 g/mol. The number of benzene rings is 2. The Bertz CT molecular complexity index is 1530. The molecular formula is C29H32ClN7O3. The quantitative estimate of drug-likeness (QED) is 0.341. The highest BCUT2D eigenvalue weighted by atomic mass is 35.5. The molecule has 4 aromatic rings. The van der Waals surface area contributed by atoms with Crippen LogP contribution in [0.4, 0.5) is 10.6 Å². The fourth-order valence-electron chi connectivity index (χ4n) is 4.76. The van der Waals surface area contributed by atoms with Gasteiger partial charge < -0.3 is 20.7 Å². The maximum atomic E-state index is 12.8. The summed E-state index contributed by atoms with van der Waals surface area (Å²) >= 11 is 5.91. The van der Waals surface area contributed by atoms with Crippen LogP contribution in [0.25, 0.3) is 22.3 Å². The lowest BCUT2D eigenvalue weighted by atomic mass is 10.1. The molecular weight excluding hydrogens is 530 g/mol. The van der Waals surface area contributed by atoms with Gasteiger partial charge in [0.15, 0.2) is 5.65 Å². The summed E-state index contributed by atoms with van der Waals surface area (Å²) in [5, 5.41) is 9.11. The van der Waals surface area contributed by atoms with Gasteiger partial charge in [-0.1, -0.05) is 35.9 Å². The molecule has 2 amide bonds. The molecule has 0 bridgehead atoms. The predicted octanol–water partition coefficient (Wildman–Crippen LogP) is 5.23. The number of rotatable bonds is 5. The number of nitrogen functional groups attached to an aromatic ring is 1. The van der Waals surface area contributed by atoms with E-state index in [0.717, 1.165) is 24.0 Å². The summed E-state index contributed by atoms with van der Waals surface area (Å²) < 4.78 is 7.46. The second kappa shape index (κ2) is 11.1. The molecule has 10 nitrogen and oxygen atoms in total. The topological polar surface area (TPSA) is 128 Å². The van der Waals surface area contributed by atoms with Gasteiger partial charge in [0.25, 0.3) is 5.91 Å². The van der Waals surface area contributed by atoms with Crippen LogP contribution in [0.2, 0.25) is 5.02 Å². The van der Waals surface area contributed by atoms with Crippen LogP contribution in [0.5, 0.6) is 0 Å². The van der Waals surface area contributed by atoms with Crippen molar-refractivity contribution in [3.8, 4) is 11.3 Å². The van der Waals surface area contributed by atoms with Crippen LogP contribution in [0.3, 0.4) is 0 Å². The second-order valence-corrected chi connectivity index (χ2v) is 11.3. The maximum Gasteiger partial charge on any atom is 0.410 e. The Kier molecular flexibility index (Phi) is 7.62. The molecule has 0 spiro atoms. The van der Waals surface area contributed by atoms with Gasteiger partial charge in [-0.3, -0.25) is 4.79 Å². The molecule has 0 saturated carbocycles. The number of nitrogens with zero attached hydrogens (tertiary/aromatic N) is 5. The van der Waals surface area contributed by atoms with E-state index < -0.39 is 5.60 Å². The van der Waals surface area contributed by atoms with Crippen LogP contribution in [0, 0.1) is 0 Å². The highest BCUT2D eigenvalue weighted by molar-refractivity contribution is 6.30. The summed E-state index contributed by atoms with van der Waals surface area (Å²) in [6.45, 7) is 7.03. The van der Waals surface area contributed by atoms with Gasteiger partial charge >= 0.3 is 6.09 Å². The molecule has 1 aliphatic heterocycles. The Morgan fingerprint density at radius 2 is 1.82 bits per heavy atom. The number of anilines is 1. The zero-order valence-corrected chi connectivity index (χ0v) is 23.5. The van der Waals surface area contributed by atoms with E-state index in [1.165, 1.54) is 6.33 Å². The molecule has 2 aromatic carbocycles. The zero-order chi connectivity index (χ0) is 28.4. The summed E-state index contributed by atoms with van der Waals surface area (Å²) in [5.74, 6) is 0.161. The van der Waals surface area contributed by atoms with Gasteiger partial charge in [0.1, 0.15) is 23.4 Å². The largest absolute Gasteiger partial charge is 0.444 e. The minimum Gasteiger partial charge on any atom is -0.444 e. The number of fused-ring (bicyclic) bond motifs is 1. The van der Waals surface area contributed by atoms with E-state index in [4.69, 9.17) is 27.2 Å². The van der Waals surface area contributed by atoms with Crippen LogP contribution < -0.4 is 11.1 Å². The maximum absolute atomic E-state index is 12.8. The molecule has 0 aliphatic carbocycles. The first-order chi connectivity index (χ1) is 19.1. The molecule has 2 aromatic heterocycles. The molecule has 1 saturated heterocycles. The zero-order valence-electron chi connectivity index (χ0n) is 22.7. The number of nitrogens with two attached hydrogens (primary N) is 1. The van der Waals surface area contributed by atoms with Gasteiger partial charge in [-0.25, -0.2) is 19.4 Å². The van der Waals surface area contributed by atoms with Crippen molar-refractivity contribution in [2.75, 3.05) is 18.8 Å². The van der Waals surface area contributed by atoms with Crippen LogP contribution in [0.1, 0.15) is 55.6 Å². The molecule has 1 fully saturated rings. The monoisotopic (exact) mass is 561 g/mol. The van der Waals surface area contributed by atoms with Gasteiger partial charge in [0.05, 0.1) is 11.4 Å². The van der Waals surface area contributed by atoms with Crippen LogP contribution in [-0.2, 0) is 11.3 Å². The molecule has 40 heavy (non-hydrogen) atoms. The Labute approximate surface area is 237 Å². The fourth-order valence-corrected chi connectivity index (χ4v) is 4.89. The predicted molar refractivity (Wildman–Crippen MR) is 154 cm³/mol. The SMILES string of the molecule is CC(C)(C)OC(=O)N1CCC[C@@H](n2nc(-c3ccc(CNC(=O)c4ccc(Cl)cc4)cc3)c3c(N)ncnc32)C1. The van der Waals surface area contributed by atoms with Gasteiger partial charge in [-0.15, -0.1) is 0 Å². The van der Waals surface area contributed by atoms with Crippen LogP contribution in [0.15, 0.2) is 54.9 Å². The first kappa shape index (κ1) is 27.4.